The van der Waals surface area contributed by atoms with Gasteiger partial charge in [0.15, 0.2) is 0 Å². The molecule has 2 aromatic rings. The third-order valence-corrected chi connectivity index (χ3v) is 3.03. The van der Waals surface area contributed by atoms with Crippen LogP contribution in [0.5, 0.6) is 0 Å². The molecule has 0 aliphatic heterocycles. The number of hydrogen-bond donors (Lipinski definition) is 0. The number of fused-ring (bicyclic) bond motifs is 1. The lowest BCUT2D eigenvalue weighted by atomic mass is 10.0. The second-order valence-corrected chi connectivity index (χ2v) is 4.16. The van der Waals surface area contributed by atoms with Crippen LogP contribution in [0, 0.1) is 0 Å². The Labute approximate surface area is 99.2 Å². The Kier molecular flexibility index (Phi) is 3.01. The van der Waals surface area contributed by atoms with Gasteiger partial charge in [-0.3, -0.25) is 4.79 Å². The van der Waals surface area contributed by atoms with Crippen LogP contribution in [0.2, 0.25) is 0 Å². The van der Waals surface area contributed by atoms with E-state index >= 15 is 0 Å². The lowest BCUT2D eigenvalue weighted by Crippen LogP contribution is -2.10. The van der Waals surface area contributed by atoms with Crippen molar-refractivity contribution in [2.24, 2.45) is 0 Å². The van der Waals surface area contributed by atoms with Crippen LogP contribution in [0.4, 0.5) is 8.78 Å². The summed E-state index contributed by atoms with van der Waals surface area (Å²) in [5, 5.41) is 1.30. The zero-order chi connectivity index (χ0) is 11.7. The summed E-state index contributed by atoms with van der Waals surface area (Å²) in [5.74, 6) is -1.14. The maximum Gasteiger partial charge on any atom is 0.300 e. The van der Waals surface area contributed by atoms with Gasteiger partial charge in [-0.1, -0.05) is 40.2 Å². The van der Waals surface area contributed by atoms with Crippen LogP contribution >= 0.6 is 15.9 Å². The molecule has 0 N–H and O–H groups in total. The molecule has 0 heterocycles. The number of halogens is 3. The summed E-state index contributed by atoms with van der Waals surface area (Å²) >= 11 is 3.32. The lowest BCUT2D eigenvalue weighted by Gasteiger charge is -2.06. The SMILES string of the molecule is O=C(c1ccc(Br)c2ccccc12)C(F)F. The van der Waals surface area contributed by atoms with E-state index < -0.39 is 12.2 Å². The number of hydrogen-bond acceptors (Lipinski definition) is 1. The number of ketones is 1. The number of carbonyl (C=O) groups excluding carboxylic acids is 1. The Bertz CT molecular complexity index is 552. The molecule has 0 saturated carbocycles. The maximum atomic E-state index is 12.4. The van der Waals surface area contributed by atoms with Gasteiger partial charge in [0.05, 0.1) is 0 Å². The molecule has 0 aromatic heterocycles. The first kappa shape index (κ1) is 11.2. The number of carbonyl (C=O) groups is 1. The summed E-state index contributed by atoms with van der Waals surface area (Å²) in [4.78, 5) is 11.3. The van der Waals surface area contributed by atoms with Gasteiger partial charge in [0.2, 0.25) is 5.78 Å². The van der Waals surface area contributed by atoms with Crippen molar-refractivity contribution < 1.29 is 13.6 Å². The average molecular weight is 285 g/mol. The molecule has 82 valence electrons. The molecule has 0 amide bonds. The summed E-state index contributed by atoms with van der Waals surface area (Å²) in [7, 11) is 0. The quantitative estimate of drug-likeness (QED) is 0.761. The molecule has 0 atom stereocenters. The minimum absolute atomic E-state index is 0.0637. The fourth-order valence-corrected chi connectivity index (χ4v) is 2.07. The smallest absolute Gasteiger partial charge is 0.288 e. The summed E-state index contributed by atoms with van der Waals surface area (Å²) < 4.78 is 25.5. The normalized spacial score (nSPS) is 11.0. The highest BCUT2D eigenvalue weighted by atomic mass is 79.9. The van der Waals surface area contributed by atoms with Crippen LogP contribution in [-0.2, 0) is 0 Å². The summed E-state index contributed by atoms with van der Waals surface area (Å²) in [6.07, 6.45) is -2.97. The van der Waals surface area contributed by atoms with Gasteiger partial charge in [0.1, 0.15) is 0 Å². The minimum atomic E-state index is -2.97. The van der Waals surface area contributed by atoms with Gasteiger partial charge in [-0.2, -0.15) is 0 Å². The zero-order valence-electron chi connectivity index (χ0n) is 8.08. The molecule has 0 spiro atoms. The largest absolute Gasteiger partial charge is 0.300 e. The molecular formula is C12H7BrF2O. The molecule has 16 heavy (non-hydrogen) atoms. The van der Waals surface area contributed by atoms with Gasteiger partial charge in [-0.05, 0) is 22.9 Å². The van der Waals surface area contributed by atoms with E-state index in [1.165, 1.54) is 6.07 Å². The van der Waals surface area contributed by atoms with E-state index in [4.69, 9.17) is 0 Å². The molecule has 0 radical (unpaired) electrons. The topological polar surface area (TPSA) is 17.1 Å². The third kappa shape index (κ3) is 1.85. The Morgan fingerprint density at radius 2 is 1.69 bits per heavy atom. The number of Topliss-reactive ketones (excluding diaryl/α,β-unsaturated/α-hetero) is 1. The van der Waals surface area contributed by atoms with Crippen molar-refractivity contribution >= 4 is 32.5 Å². The van der Waals surface area contributed by atoms with E-state index in [0.717, 1.165) is 9.86 Å². The van der Waals surface area contributed by atoms with Gasteiger partial charge >= 0.3 is 6.43 Å². The van der Waals surface area contributed by atoms with E-state index in [2.05, 4.69) is 15.9 Å². The summed E-state index contributed by atoms with van der Waals surface area (Å²) in [6, 6.07) is 9.98. The number of benzene rings is 2. The summed E-state index contributed by atoms with van der Waals surface area (Å²) in [5.41, 5.74) is 0.0637. The summed E-state index contributed by atoms with van der Waals surface area (Å²) in [6.45, 7) is 0. The van der Waals surface area contributed by atoms with Crippen molar-refractivity contribution in [2.45, 2.75) is 6.43 Å². The van der Waals surface area contributed by atoms with Crippen LogP contribution in [-0.4, -0.2) is 12.2 Å². The van der Waals surface area contributed by atoms with Crippen molar-refractivity contribution in [1.29, 1.82) is 0 Å². The third-order valence-electron chi connectivity index (χ3n) is 2.33. The standard InChI is InChI=1S/C12H7BrF2O/c13-10-6-5-9(11(16)12(14)15)7-3-1-2-4-8(7)10/h1-6,12H. The van der Waals surface area contributed by atoms with Gasteiger partial charge < -0.3 is 0 Å². The molecule has 0 unspecified atom stereocenters. The van der Waals surface area contributed by atoms with Crippen LogP contribution in [0.3, 0.4) is 0 Å². The lowest BCUT2D eigenvalue weighted by molar-refractivity contribution is 0.0680. The zero-order valence-corrected chi connectivity index (χ0v) is 9.67. The van der Waals surface area contributed by atoms with Crippen molar-refractivity contribution in [3.8, 4) is 0 Å². The van der Waals surface area contributed by atoms with E-state index in [-0.39, 0.29) is 5.56 Å². The van der Waals surface area contributed by atoms with Crippen molar-refractivity contribution in [3.63, 3.8) is 0 Å². The van der Waals surface area contributed by atoms with Crippen molar-refractivity contribution in [3.05, 3.63) is 46.4 Å². The second-order valence-electron chi connectivity index (χ2n) is 3.31. The molecule has 2 rings (SSSR count). The molecule has 4 heteroatoms. The number of alkyl halides is 2. The minimum Gasteiger partial charge on any atom is -0.288 e. The van der Waals surface area contributed by atoms with E-state index in [1.54, 1.807) is 30.3 Å². The van der Waals surface area contributed by atoms with E-state index in [0.29, 0.717) is 5.39 Å². The van der Waals surface area contributed by atoms with Crippen LogP contribution < -0.4 is 0 Å². The van der Waals surface area contributed by atoms with Gasteiger partial charge in [-0.15, -0.1) is 0 Å². The number of rotatable bonds is 2. The molecule has 0 aliphatic carbocycles. The molecule has 1 nitrogen and oxygen atoms in total. The maximum absolute atomic E-state index is 12.4. The van der Waals surface area contributed by atoms with Crippen molar-refractivity contribution in [1.82, 2.24) is 0 Å². The fraction of sp³-hybridized carbons (Fsp3) is 0.0833. The second kappa shape index (κ2) is 4.29. The fourth-order valence-electron chi connectivity index (χ4n) is 1.59. The average Bonchev–Trinajstić information content (AvgIpc) is 2.29. The highest BCUT2D eigenvalue weighted by Crippen LogP contribution is 2.27. The first-order valence-electron chi connectivity index (χ1n) is 4.61. The Morgan fingerprint density at radius 1 is 1.06 bits per heavy atom. The first-order valence-corrected chi connectivity index (χ1v) is 5.40. The molecule has 0 saturated heterocycles. The monoisotopic (exact) mass is 284 g/mol. The van der Waals surface area contributed by atoms with Gasteiger partial charge in [0, 0.05) is 10.0 Å². The highest BCUT2D eigenvalue weighted by molar-refractivity contribution is 9.10. The van der Waals surface area contributed by atoms with Gasteiger partial charge in [-0.25, -0.2) is 8.78 Å². The Morgan fingerprint density at radius 3 is 2.31 bits per heavy atom. The van der Waals surface area contributed by atoms with Crippen LogP contribution in [0.15, 0.2) is 40.9 Å². The molecule has 0 fully saturated rings. The predicted octanol–water partition coefficient (Wildman–Crippen LogP) is 4.05. The molecule has 0 aliphatic rings. The van der Waals surface area contributed by atoms with E-state index in [9.17, 15) is 13.6 Å². The van der Waals surface area contributed by atoms with Crippen LogP contribution in [0.25, 0.3) is 10.8 Å². The van der Waals surface area contributed by atoms with Gasteiger partial charge in [0.25, 0.3) is 0 Å². The van der Waals surface area contributed by atoms with Crippen LogP contribution in [0.1, 0.15) is 10.4 Å². The Balaban J connectivity index is 2.72. The van der Waals surface area contributed by atoms with E-state index in [1.807, 2.05) is 0 Å². The molecule has 0 bridgehead atoms. The molecule has 2 aromatic carbocycles. The highest BCUT2D eigenvalue weighted by Gasteiger charge is 2.20. The Hall–Kier alpha value is -1.29. The first-order chi connectivity index (χ1) is 7.61. The predicted molar refractivity (Wildman–Crippen MR) is 62.0 cm³/mol. The molecular weight excluding hydrogens is 278 g/mol. The van der Waals surface area contributed by atoms with Crippen molar-refractivity contribution in [2.75, 3.05) is 0 Å².